The Hall–Kier alpha value is -1.38. The van der Waals surface area contributed by atoms with Gasteiger partial charge in [-0.25, -0.2) is 4.57 Å². The van der Waals surface area contributed by atoms with E-state index in [1.807, 2.05) is 18.2 Å². The molecule has 0 fully saturated rings. The molecule has 0 spiro atoms. The maximum absolute atomic E-state index is 6.98. The lowest BCUT2D eigenvalue weighted by Crippen LogP contribution is -2.46. The van der Waals surface area contributed by atoms with Gasteiger partial charge in [-0.1, -0.05) is 6.07 Å². The molecule has 0 atom stereocenters. The summed E-state index contributed by atoms with van der Waals surface area (Å²) in [5, 5.41) is 6.98. The summed E-state index contributed by atoms with van der Waals surface area (Å²) in [5.41, 5.74) is 5.16. The summed E-state index contributed by atoms with van der Waals surface area (Å²) < 4.78 is 1.53. The molecule has 0 aromatic carbocycles. The smallest absolute Gasteiger partial charge is 0.287 e. The van der Waals surface area contributed by atoms with E-state index in [9.17, 15) is 0 Å². The Bertz CT molecular complexity index is 205. The first-order chi connectivity index (χ1) is 4.30. The van der Waals surface area contributed by atoms with Crippen molar-refractivity contribution in [1.29, 1.82) is 5.41 Å². The van der Waals surface area contributed by atoms with Crippen molar-refractivity contribution in [1.82, 2.24) is 0 Å². The highest BCUT2D eigenvalue weighted by Gasteiger charge is 1.94. The third-order valence-electron chi connectivity index (χ3n) is 0.994. The lowest BCUT2D eigenvalue weighted by molar-refractivity contribution is -0.558. The third kappa shape index (κ3) is 1.25. The quantitative estimate of drug-likeness (QED) is 0.277. The molecule has 3 nitrogen and oxygen atoms in total. The predicted molar refractivity (Wildman–Crippen MR) is 33.9 cm³/mol. The van der Waals surface area contributed by atoms with Gasteiger partial charge < -0.3 is 0 Å². The number of nitrogens with two attached hydrogens (primary N) is 1. The van der Waals surface area contributed by atoms with Gasteiger partial charge in [0.2, 0.25) is 0 Å². The van der Waals surface area contributed by atoms with E-state index < -0.39 is 0 Å². The lowest BCUT2D eigenvalue weighted by atomic mass is 10.5. The minimum Gasteiger partial charge on any atom is -0.287 e. The SMILES string of the molecule is N=C(N)[n+]1ccccc1. The van der Waals surface area contributed by atoms with Crippen molar-refractivity contribution >= 4 is 5.96 Å². The fourth-order valence-electron chi connectivity index (χ4n) is 0.559. The van der Waals surface area contributed by atoms with Gasteiger partial charge in [-0.3, -0.25) is 5.73 Å². The van der Waals surface area contributed by atoms with Crippen LogP contribution in [0.15, 0.2) is 30.6 Å². The zero-order chi connectivity index (χ0) is 6.69. The standard InChI is InChI=1S/C6H8N3/c7-6(8)9-4-2-1-3-5-9/h1-5H,(H3,7,8)/q+1. The molecule has 0 aliphatic heterocycles. The van der Waals surface area contributed by atoms with Crippen LogP contribution in [0.25, 0.3) is 0 Å². The summed E-state index contributed by atoms with van der Waals surface area (Å²) in [5.74, 6) is 0.0376. The number of nitrogens with zero attached hydrogens (tertiary/aromatic N) is 1. The van der Waals surface area contributed by atoms with Crippen LogP contribution in [-0.4, -0.2) is 5.96 Å². The van der Waals surface area contributed by atoms with Crippen molar-refractivity contribution in [2.24, 2.45) is 5.73 Å². The van der Waals surface area contributed by atoms with Gasteiger partial charge in [0, 0.05) is 0 Å². The van der Waals surface area contributed by atoms with Crippen molar-refractivity contribution in [3.63, 3.8) is 0 Å². The van der Waals surface area contributed by atoms with Gasteiger partial charge in [0.05, 0.1) is 12.4 Å². The number of aromatic nitrogens is 1. The number of nitrogen functional groups attached to an aromatic ring is 1. The highest BCUT2D eigenvalue weighted by atomic mass is 15.1. The van der Waals surface area contributed by atoms with Crippen LogP contribution in [0.1, 0.15) is 0 Å². The van der Waals surface area contributed by atoms with Crippen molar-refractivity contribution < 1.29 is 4.57 Å². The molecule has 1 aromatic rings. The molecule has 0 saturated carbocycles. The zero-order valence-corrected chi connectivity index (χ0v) is 4.91. The largest absolute Gasteiger partial charge is 0.386 e. The molecular weight excluding hydrogens is 114 g/mol. The maximum atomic E-state index is 6.98. The minimum absolute atomic E-state index is 0.0376. The Morgan fingerprint density at radius 2 is 1.78 bits per heavy atom. The highest BCUT2D eigenvalue weighted by Crippen LogP contribution is 1.73. The van der Waals surface area contributed by atoms with Crippen LogP contribution in [-0.2, 0) is 0 Å². The molecule has 3 N–H and O–H groups in total. The molecular formula is C6H8N3+. The molecule has 0 radical (unpaired) electrons. The monoisotopic (exact) mass is 122 g/mol. The number of hydrogen-bond donors (Lipinski definition) is 2. The number of nitrogens with one attached hydrogen (secondary N) is 1. The summed E-state index contributed by atoms with van der Waals surface area (Å²) in [4.78, 5) is 0. The molecule has 0 amide bonds. The second-order valence-corrected chi connectivity index (χ2v) is 1.67. The average Bonchev–Trinajstić information content (AvgIpc) is 1.90. The first kappa shape index (κ1) is 5.75. The second kappa shape index (κ2) is 2.26. The van der Waals surface area contributed by atoms with E-state index in [1.165, 1.54) is 4.57 Å². The van der Waals surface area contributed by atoms with Crippen molar-refractivity contribution in [3.8, 4) is 0 Å². The van der Waals surface area contributed by atoms with E-state index in [0.29, 0.717) is 0 Å². The van der Waals surface area contributed by atoms with E-state index in [-0.39, 0.29) is 5.96 Å². The molecule has 1 heterocycles. The Kier molecular flexibility index (Phi) is 1.44. The molecule has 9 heavy (non-hydrogen) atoms. The van der Waals surface area contributed by atoms with Gasteiger partial charge in [0.1, 0.15) is 0 Å². The molecule has 0 unspecified atom stereocenters. The Labute approximate surface area is 53.3 Å². The summed E-state index contributed by atoms with van der Waals surface area (Å²) in [6.07, 6.45) is 3.45. The van der Waals surface area contributed by atoms with Crippen LogP contribution in [0.4, 0.5) is 0 Å². The van der Waals surface area contributed by atoms with E-state index in [4.69, 9.17) is 11.1 Å². The van der Waals surface area contributed by atoms with E-state index in [2.05, 4.69) is 0 Å². The molecule has 0 aliphatic rings. The van der Waals surface area contributed by atoms with Crippen LogP contribution in [0, 0.1) is 5.41 Å². The van der Waals surface area contributed by atoms with Crippen LogP contribution in [0.5, 0.6) is 0 Å². The Morgan fingerprint density at radius 3 is 2.11 bits per heavy atom. The van der Waals surface area contributed by atoms with Gasteiger partial charge in [0.25, 0.3) is 0 Å². The van der Waals surface area contributed by atoms with Crippen LogP contribution < -0.4 is 10.3 Å². The molecule has 0 bridgehead atoms. The first-order valence-electron chi connectivity index (χ1n) is 2.61. The molecule has 0 saturated heterocycles. The number of hydrogen-bond acceptors (Lipinski definition) is 1. The molecule has 1 rings (SSSR count). The van der Waals surface area contributed by atoms with Crippen molar-refractivity contribution in [2.75, 3.05) is 0 Å². The molecule has 0 aliphatic carbocycles. The van der Waals surface area contributed by atoms with Crippen molar-refractivity contribution in [3.05, 3.63) is 30.6 Å². The second-order valence-electron chi connectivity index (χ2n) is 1.67. The van der Waals surface area contributed by atoms with E-state index >= 15 is 0 Å². The number of rotatable bonds is 0. The lowest BCUT2D eigenvalue weighted by Gasteiger charge is -1.90. The molecule has 1 aromatic heterocycles. The van der Waals surface area contributed by atoms with E-state index in [0.717, 1.165) is 0 Å². The summed E-state index contributed by atoms with van der Waals surface area (Å²) in [7, 11) is 0. The summed E-state index contributed by atoms with van der Waals surface area (Å²) in [6, 6.07) is 5.52. The maximum Gasteiger partial charge on any atom is 0.386 e. The van der Waals surface area contributed by atoms with Gasteiger partial charge in [-0.05, 0) is 12.1 Å². The van der Waals surface area contributed by atoms with Gasteiger partial charge in [0.15, 0.2) is 0 Å². The summed E-state index contributed by atoms with van der Waals surface area (Å²) in [6.45, 7) is 0. The highest BCUT2D eigenvalue weighted by molar-refractivity contribution is 5.64. The Balaban J connectivity index is 2.98. The number of pyridine rings is 1. The van der Waals surface area contributed by atoms with Gasteiger partial charge in [-0.2, -0.15) is 0 Å². The third-order valence-corrected chi connectivity index (χ3v) is 0.994. The van der Waals surface area contributed by atoms with E-state index in [1.54, 1.807) is 12.4 Å². The van der Waals surface area contributed by atoms with Crippen LogP contribution in [0.2, 0.25) is 0 Å². The predicted octanol–water partition coefficient (Wildman–Crippen LogP) is -0.284. The Morgan fingerprint density at radius 1 is 1.22 bits per heavy atom. The summed E-state index contributed by atoms with van der Waals surface area (Å²) >= 11 is 0. The van der Waals surface area contributed by atoms with Crippen molar-refractivity contribution in [2.45, 2.75) is 0 Å². The fourth-order valence-corrected chi connectivity index (χ4v) is 0.559. The van der Waals surface area contributed by atoms with Gasteiger partial charge >= 0.3 is 5.96 Å². The average molecular weight is 122 g/mol. The zero-order valence-electron chi connectivity index (χ0n) is 4.91. The topological polar surface area (TPSA) is 53.8 Å². The minimum atomic E-state index is 0.0376. The fraction of sp³-hybridized carbons (Fsp3) is 0. The molecule has 46 valence electrons. The van der Waals surface area contributed by atoms with Crippen LogP contribution in [0.3, 0.4) is 0 Å². The van der Waals surface area contributed by atoms with Crippen LogP contribution >= 0.6 is 0 Å². The normalized spacial score (nSPS) is 8.89. The first-order valence-corrected chi connectivity index (χ1v) is 2.61. The van der Waals surface area contributed by atoms with Gasteiger partial charge in [-0.15, -0.1) is 5.41 Å². The molecule has 3 heteroatoms.